The van der Waals surface area contributed by atoms with Crippen LogP contribution in [0.4, 0.5) is 11.8 Å². The first-order valence-corrected chi connectivity index (χ1v) is 6.64. The van der Waals surface area contributed by atoms with Crippen molar-refractivity contribution in [2.45, 2.75) is 25.6 Å². The highest BCUT2D eigenvalue weighted by Gasteiger charge is 2.34. The van der Waals surface area contributed by atoms with Gasteiger partial charge in [-0.05, 0) is 13.8 Å². The molecule has 116 valence electrons. The van der Waals surface area contributed by atoms with Crippen LogP contribution in [0.3, 0.4) is 0 Å². The van der Waals surface area contributed by atoms with Crippen molar-refractivity contribution < 1.29 is 19.0 Å². The van der Waals surface area contributed by atoms with Crippen LogP contribution < -0.4 is 11.1 Å². The van der Waals surface area contributed by atoms with Gasteiger partial charge >= 0.3 is 5.97 Å². The van der Waals surface area contributed by atoms with Gasteiger partial charge in [0.05, 0.1) is 25.9 Å². The molecular weight excluding hydrogens is 276 g/mol. The summed E-state index contributed by atoms with van der Waals surface area (Å²) < 4.78 is 16.1. The van der Waals surface area contributed by atoms with Gasteiger partial charge in [-0.25, -0.2) is 9.78 Å². The number of hydrogen-bond donors (Lipinski definition) is 2. The van der Waals surface area contributed by atoms with E-state index in [1.807, 2.05) is 13.8 Å². The Labute approximate surface area is 123 Å². The number of esters is 1. The number of methoxy groups -OCH3 is 1. The molecule has 0 spiro atoms. The van der Waals surface area contributed by atoms with Gasteiger partial charge in [-0.2, -0.15) is 4.98 Å². The number of nitrogens with zero attached hydrogens (tertiary/aromatic N) is 2. The highest BCUT2D eigenvalue weighted by atomic mass is 16.6. The maximum Gasteiger partial charge on any atom is 0.343 e. The molecule has 21 heavy (non-hydrogen) atoms. The monoisotopic (exact) mass is 296 g/mol. The Morgan fingerprint density at radius 3 is 3.00 bits per heavy atom. The second-order valence-corrected chi connectivity index (χ2v) is 5.17. The summed E-state index contributed by atoms with van der Waals surface area (Å²) in [4.78, 5) is 19.5. The quantitative estimate of drug-likeness (QED) is 0.771. The maximum absolute atomic E-state index is 11.7. The van der Waals surface area contributed by atoms with Gasteiger partial charge in [0.1, 0.15) is 17.5 Å². The average Bonchev–Trinajstić information content (AvgIpc) is 2.45. The lowest BCUT2D eigenvalue weighted by atomic mass is 10.0. The predicted octanol–water partition coefficient (Wildman–Crippen LogP) is 0.451. The number of ether oxygens (including phenoxy) is 3. The Balaban J connectivity index is 2.12. The Kier molecular flexibility index (Phi) is 4.59. The van der Waals surface area contributed by atoms with Crippen LogP contribution in [0.25, 0.3) is 0 Å². The number of nitrogen functional groups attached to an aromatic ring is 1. The van der Waals surface area contributed by atoms with Crippen LogP contribution in [0.15, 0.2) is 6.20 Å². The summed E-state index contributed by atoms with van der Waals surface area (Å²) >= 11 is 0. The van der Waals surface area contributed by atoms with Crippen LogP contribution in [0.2, 0.25) is 0 Å². The van der Waals surface area contributed by atoms with E-state index < -0.39 is 11.6 Å². The van der Waals surface area contributed by atoms with Gasteiger partial charge in [-0.3, -0.25) is 0 Å². The minimum Gasteiger partial charge on any atom is -0.465 e. The number of carbonyl (C=O) groups is 1. The molecule has 0 aliphatic carbocycles. The third-order valence-corrected chi connectivity index (χ3v) is 3.32. The molecule has 8 heteroatoms. The van der Waals surface area contributed by atoms with Crippen molar-refractivity contribution in [2.24, 2.45) is 0 Å². The minimum absolute atomic E-state index is 0.0743. The molecule has 0 bridgehead atoms. The molecule has 1 saturated heterocycles. The number of anilines is 2. The van der Waals surface area contributed by atoms with E-state index in [0.717, 1.165) is 0 Å². The second-order valence-electron chi connectivity index (χ2n) is 5.17. The Bertz CT molecular complexity index is 521. The first-order chi connectivity index (χ1) is 9.94. The van der Waals surface area contributed by atoms with Crippen molar-refractivity contribution in [3.8, 4) is 0 Å². The van der Waals surface area contributed by atoms with Crippen LogP contribution in [0, 0.1) is 0 Å². The highest BCUT2D eigenvalue weighted by molar-refractivity contribution is 5.94. The highest BCUT2D eigenvalue weighted by Crippen LogP contribution is 2.23. The summed E-state index contributed by atoms with van der Waals surface area (Å²) in [6.45, 7) is 5.43. The lowest BCUT2D eigenvalue weighted by molar-refractivity contribution is -0.181. The molecule has 2 rings (SSSR count). The summed E-state index contributed by atoms with van der Waals surface area (Å²) in [5, 5.41) is 3.06. The molecular formula is C13H20N4O4. The van der Waals surface area contributed by atoms with E-state index in [1.165, 1.54) is 13.3 Å². The van der Waals surface area contributed by atoms with E-state index in [-0.39, 0.29) is 17.6 Å². The standard InChI is InChI=1S/C13H20N4O4/c1-13(2)9(20-4-5-21-13)7-15-10-8(11(18)19-3)6-16-12(14)17-10/h6,9H,4-5,7H2,1-3H3,(H3,14,15,16,17). The summed E-state index contributed by atoms with van der Waals surface area (Å²) in [6, 6.07) is 0. The fourth-order valence-corrected chi connectivity index (χ4v) is 2.07. The lowest BCUT2D eigenvalue weighted by Crippen LogP contribution is -2.50. The topological polar surface area (TPSA) is 109 Å². The van der Waals surface area contributed by atoms with Gasteiger partial charge in [-0.15, -0.1) is 0 Å². The number of rotatable bonds is 4. The molecule has 0 saturated carbocycles. The molecule has 3 N–H and O–H groups in total. The maximum atomic E-state index is 11.7. The Morgan fingerprint density at radius 2 is 2.33 bits per heavy atom. The zero-order valence-electron chi connectivity index (χ0n) is 12.4. The average molecular weight is 296 g/mol. The molecule has 1 fully saturated rings. The van der Waals surface area contributed by atoms with Crippen molar-refractivity contribution in [1.29, 1.82) is 0 Å². The summed E-state index contributed by atoms with van der Waals surface area (Å²) in [5.74, 6) is -0.137. The Morgan fingerprint density at radius 1 is 1.57 bits per heavy atom. The van der Waals surface area contributed by atoms with Crippen molar-refractivity contribution in [3.05, 3.63) is 11.8 Å². The van der Waals surface area contributed by atoms with Gasteiger partial charge in [0, 0.05) is 12.7 Å². The molecule has 1 aromatic rings. The van der Waals surface area contributed by atoms with E-state index >= 15 is 0 Å². The van der Waals surface area contributed by atoms with Gasteiger partial charge in [-0.1, -0.05) is 0 Å². The van der Waals surface area contributed by atoms with Crippen molar-refractivity contribution in [2.75, 3.05) is 37.9 Å². The largest absolute Gasteiger partial charge is 0.465 e. The minimum atomic E-state index is -0.530. The summed E-state index contributed by atoms with van der Waals surface area (Å²) in [6.07, 6.45) is 1.16. The van der Waals surface area contributed by atoms with E-state index in [0.29, 0.717) is 25.6 Å². The number of nitrogens with two attached hydrogens (primary N) is 1. The lowest BCUT2D eigenvalue weighted by Gasteiger charge is -2.38. The molecule has 1 aromatic heterocycles. The normalized spacial score (nSPS) is 20.8. The van der Waals surface area contributed by atoms with E-state index in [2.05, 4.69) is 15.3 Å². The van der Waals surface area contributed by atoms with Crippen LogP contribution in [0.1, 0.15) is 24.2 Å². The summed E-state index contributed by atoms with van der Waals surface area (Å²) in [5.41, 5.74) is 5.36. The molecule has 0 amide bonds. The van der Waals surface area contributed by atoms with Gasteiger partial charge < -0.3 is 25.3 Å². The van der Waals surface area contributed by atoms with E-state index in [4.69, 9.17) is 19.9 Å². The fourth-order valence-electron chi connectivity index (χ4n) is 2.07. The SMILES string of the molecule is COC(=O)c1cnc(N)nc1NCC1OCCOC1(C)C. The van der Waals surface area contributed by atoms with Crippen molar-refractivity contribution in [1.82, 2.24) is 9.97 Å². The number of hydrogen-bond acceptors (Lipinski definition) is 8. The molecule has 0 aromatic carbocycles. The predicted molar refractivity (Wildman–Crippen MR) is 76.0 cm³/mol. The van der Waals surface area contributed by atoms with Crippen LogP contribution in [-0.4, -0.2) is 54.5 Å². The van der Waals surface area contributed by atoms with E-state index in [9.17, 15) is 4.79 Å². The zero-order chi connectivity index (χ0) is 15.5. The molecule has 1 aliphatic rings. The molecule has 1 aliphatic heterocycles. The van der Waals surface area contributed by atoms with Crippen LogP contribution in [0.5, 0.6) is 0 Å². The molecule has 2 heterocycles. The zero-order valence-corrected chi connectivity index (χ0v) is 12.4. The second kappa shape index (κ2) is 6.23. The smallest absolute Gasteiger partial charge is 0.343 e. The van der Waals surface area contributed by atoms with E-state index in [1.54, 1.807) is 0 Å². The van der Waals surface area contributed by atoms with Crippen molar-refractivity contribution in [3.63, 3.8) is 0 Å². The Hall–Kier alpha value is -1.93. The third-order valence-electron chi connectivity index (χ3n) is 3.32. The van der Waals surface area contributed by atoms with Gasteiger partial charge in [0.25, 0.3) is 0 Å². The number of nitrogens with one attached hydrogen (secondary N) is 1. The first-order valence-electron chi connectivity index (χ1n) is 6.64. The van der Waals surface area contributed by atoms with Gasteiger partial charge in [0.15, 0.2) is 0 Å². The molecule has 8 nitrogen and oxygen atoms in total. The van der Waals surface area contributed by atoms with Crippen molar-refractivity contribution >= 4 is 17.7 Å². The van der Waals surface area contributed by atoms with Gasteiger partial charge in [0.2, 0.25) is 5.95 Å². The third kappa shape index (κ3) is 3.59. The molecule has 0 radical (unpaired) electrons. The number of carbonyl (C=O) groups excluding carboxylic acids is 1. The number of aromatic nitrogens is 2. The first kappa shape index (κ1) is 15.5. The fraction of sp³-hybridized carbons (Fsp3) is 0.615. The molecule has 1 unspecified atom stereocenters. The summed E-state index contributed by atoms with van der Waals surface area (Å²) in [7, 11) is 1.30. The van der Waals surface area contributed by atoms with Crippen LogP contribution >= 0.6 is 0 Å². The molecule has 1 atom stereocenters. The van der Waals surface area contributed by atoms with Crippen LogP contribution in [-0.2, 0) is 14.2 Å².